The Morgan fingerprint density at radius 3 is 2.36 bits per heavy atom. The Balaban J connectivity index is 2.14. The van der Waals surface area contributed by atoms with E-state index in [9.17, 15) is 4.79 Å². The number of carbonyl (C=O) groups is 1. The molecule has 0 saturated heterocycles. The molecule has 2 aromatic carbocycles. The Morgan fingerprint density at radius 1 is 0.955 bits per heavy atom. The van der Waals surface area contributed by atoms with Gasteiger partial charge in [-0.25, -0.2) is 9.97 Å². The molecular formula is C18H17N3O. The number of hydrogen-bond donors (Lipinski definition) is 0. The van der Waals surface area contributed by atoms with Gasteiger partial charge in [0.2, 0.25) is 5.91 Å². The van der Waals surface area contributed by atoms with Gasteiger partial charge in [0.05, 0.1) is 17.6 Å². The third-order valence-corrected chi connectivity index (χ3v) is 3.53. The second-order valence-corrected chi connectivity index (χ2v) is 5.34. The lowest BCUT2D eigenvalue weighted by molar-refractivity contribution is -0.127. The minimum absolute atomic E-state index is 0.0304. The molecule has 0 atom stereocenters. The van der Waals surface area contributed by atoms with Crippen molar-refractivity contribution in [1.29, 1.82) is 0 Å². The Bertz CT molecular complexity index is 813. The first kappa shape index (κ1) is 14.2. The van der Waals surface area contributed by atoms with E-state index in [1.54, 1.807) is 19.0 Å². The van der Waals surface area contributed by atoms with E-state index in [4.69, 9.17) is 0 Å². The molecule has 0 aliphatic carbocycles. The van der Waals surface area contributed by atoms with Crippen molar-refractivity contribution in [2.45, 2.75) is 6.42 Å². The summed E-state index contributed by atoms with van der Waals surface area (Å²) in [7, 11) is 3.51. The SMILES string of the molecule is CN(C)C(=O)Cc1nc(-c2ccccc2)nc2ccccc12. The van der Waals surface area contributed by atoms with Crippen molar-refractivity contribution < 1.29 is 4.79 Å². The predicted octanol–water partition coefficient (Wildman–Crippen LogP) is 2.93. The fourth-order valence-corrected chi connectivity index (χ4v) is 2.29. The maximum Gasteiger partial charge on any atom is 0.228 e. The molecule has 4 heteroatoms. The first-order valence-corrected chi connectivity index (χ1v) is 7.16. The summed E-state index contributed by atoms with van der Waals surface area (Å²) >= 11 is 0. The van der Waals surface area contributed by atoms with Crippen LogP contribution in [0.2, 0.25) is 0 Å². The van der Waals surface area contributed by atoms with Crippen LogP contribution < -0.4 is 0 Å². The molecule has 0 N–H and O–H groups in total. The van der Waals surface area contributed by atoms with Crippen LogP contribution in [0.4, 0.5) is 0 Å². The zero-order chi connectivity index (χ0) is 15.5. The summed E-state index contributed by atoms with van der Waals surface area (Å²) in [4.78, 5) is 22.9. The zero-order valence-electron chi connectivity index (χ0n) is 12.7. The molecule has 0 unspecified atom stereocenters. The number of likely N-dealkylation sites (N-methyl/N-ethyl adjacent to an activating group) is 1. The van der Waals surface area contributed by atoms with Gasteiger partial charge in [-0.3, -0.25) is 4.79 Å². The van der Waals surface area contributed by atoms with Gasteiger partial charge in [-0.1, -0.05) is 48.5 Å². The molecule has 1 aromatic heterocycles. The average molecular weight is 291 g/mol. The minimum Gasteiger partial charge on any atom is -0.348 e. The van der Waals surface area contributed by atoms with E-state index in [0.717, 1.165) is 22.2 Å². The molecule has 3 rings (SSSR count). The van der Waals surface area contributed by atoms with E-state index in [-0.39, 0.29) is 12.3 Å². The Labute approximate surface area is 129 Å². The van der Waals surface area contributed by atoms with Crippen LogP contribution >= 0.6 is 0 Å². The van der Waals surface area contributed by atoms with Gasteiger partial charge in [-0.2, -0.15) is 0 Å². The van der Waals surface area contributed by atoms with Gasteiger partial charge < -0.3 is 4.90 Å². The highest BCUT2D eigenvalue weighted by Crippen LogP contribution is 2.22. The van der Waals surface area contributed by atoms with Crippen LogP contribution in [0.3, 0.4) is 0 Å². The average Bonchev–Trinajstić information content (AvgIpc) is 2.55. The number of nitrogens with zero attached hydrogens (tertiary/aromatic N) is 3. The molecule has 0 bridgehead atoms. The topological polar surface area (TPSA) is 46.1 Å². The van der Waals surface area contributed by atoms with E-state index >= 15 is 0 Å². The molecule has 0 radical (unpaired) electrons. The number of fused-ring (bicyclic) bond motifs is 1. The van der Waals surface area contributed by atoms with Crippen LogP contribution in [0.25, 0.3) is 22.3 Å². The van der Waals surface area contributed by atoms with Gasteiger partial charge in [-0.15, -0.1) is 0 Å². The van der Waals surface area contributed by atoms with Crippen molar-refractivity contribution in [3.05, 3.63) is 60.3 Å². The van der Waals surface area contributed by atoms with Crippen molar-refractivity contribution in [2.24, 2.45) is 0 Å². The van der Waals surface area contributed by atoms with Crippen molar-refractivity contribution in [2.75, 3.05) is 14.1 Å². The van der Waals surface area contributed by atoms with Crippen LogP contribution in [0, 0.1) is 0 Å². The number of benzene rings is 2. The van der Waals surface area contributed by atoms with Gasteiger partial charge in [-0.05, 0) is 6.07 Å². The second-order valence-electron chi connectivity index (χ2n) is 5.34. The van der Waals surface area contributed by atoms with E-state index in [0.29, 0.717) is 5.82 Å². The normalized spacial score (nSPS) is 10.6. The van der Waals surface area contributed by atoms with Crippen molar-refractivity contribution >= 4 is 16.8 Å². The van der Waals surface area contributed by atoms with Crippen molar-refractivity contribution in [3.63, 3.8) is 0 Å². The second kappa shape index (κ2) is 5.93. The number of aromatic nitrogens is 2. The van der Waals surface area contributed by atoms with Crippen LogP contribution in [-0.4, -0.2) is 34.9 Å². The molecule has 0 aliphatic heterocycles. The molecule has 110 valence electrons. The van der Waals surface area contributed by atoms with Gasteiger partial charge >= 0.3 is 0 Å². The summed E-state index contributed by atoms with van der Waals surface area (Å²) < 4.78 is 0. The summed E-state index contributed by atoms with van der Waals surface area (Å²) in [5.41, 5.74) is 2.58. The quantitative estimate of drug-likeness (QED) is 0.745. The van der Waals surface area contributed by atoms with Crippen LogP contribution in [0.5, 0.6) is 0 Å². The fourth-order valence-electron chi connectivity index (χ4n) is 2.29. The molecule has 1 amide bonds. The molecule has 3 aromatic rings. The molecule has 0 aliphatic rings. The Hall–Kier alpha value is -2.75. The van der Waals surface area contributed by atoms with Crippen molar-refractivity contribution in [1.82, 2.24) is 14.9 Å². The number of amides is 1. The van der Waals surface area contributed by atoms with Crippen LogP contribution in [0.15, 0.2) is 54.6 Å². The molecule has 22 heavy (non-hydrogen) atoms. The number of carbonyl (C=O) groups excluding carboxylic acids is 1. The summed E-state index contributed by atoms with van der Waals surface area (Å²) in [5.74, 6) is 0.684. The van der Waals surface area contributed by atoms with E-state index in [1.165, 1.54) is 0 Å². The monoisotopic (exact) mass is 291 g/mol. The number of para-hydroxylation sites is 1. The molecule has 1 heterocycles. The maximum atomic E-state index is 12.1. The van der Waals surface area contributed by atoms with E-state index in [2.05, 4.69) is 9.97 Å². The fraction of sp³-hybridized carbons (Fsp3) is 0.167. The minimum atomic E-state index is 0.0304. The lowest BCUT2D eigenvalue weighted by atomic mass is 10.1. The molecule has 0 saturated carbocycles. The van der Waals surface area contributed by atoms with Gasteiger partial charge in [0, 0.05) is 25.0 Å². The molecular weight excluding hydrogens is 274 g/mol. The number of rotatable bonds is 3. The predicted molar refractivity (Wildman–Crippen MR) is 87.4 cm³/mol. The lowest BCUT2D eigenvalue weighted by Crippen LogP contribution is -2.24. The largest absolute Gasteiger partial charge is 0.348 e. The Kier molecular flexibility index (Phi) is 3.83. The maximum absolute atomic E-state index is 12.1. The smallest absolute Gasteiger partial charge is 0.228 e. The first-order chi connectivity index (χ1) is 10.6. The van der Waals surface area contributed by atoms with Gasteiger partial charge in [0.25, 0.3) is 0 Å². The molecule has 0 spiro atoms. The highest BCUT2D eigenvalue weighted by Gasteiger charge is 2.13. The summed E-state index contributed by atoms with van der Waals surface area (Å²) in [6.45, 7) is 0. The standard InChI is InChI=1S/C18H17N3O/c1-21(2)17(22)12-16-14-10-6-7-11-15(14)19-18(20-16)13-8-4-3-5-9-13/h3-11H,12H2,1-2H3. The summed E-state index contributed by atoms with van der Waals surface area (Å²) in [5, 5.41) is 0.928. The highest BCUT2D eigenvalue weighted by atomic mass is 16.2. The highest BCUT2D eigenvalue weighted by molar-refractivity contribution is 5.87. The summed E-state index contributed by atoms with van der Waals surface area (Å²) in [6, 6.07) is 17.6. The van der Waals surface area contributed by atoms with E-state index in [1.807, 2.05) is 54.6 Å². The van der Waals surface area contributed by atoms with Gasteiger partial charge in [0.1, 0.15) is 0 Å². The van der Waals surface area contributed by atoms with Crippen LogP contribution in [-0.2, 0) is 11.2 Å². The molecule has 0 fully saturated rings. The Morgan fingerprint density at radius 2 is 1.64 bits per heavy atom. The van der Waals surface area contributed by atoms with Gasteiger partial charge in [0.15, 0.2) is 5.82 Å². The van der Waals surface area contributed by atoms with Crippen molar-refractivity contribution in [3.8, 4) is 11.4 Å². The summed E-state index contributed by atoms with van der Waals surface area (Å²) in [6.07, 6.45) is 0.274. The number of hydrogen-bond acceptors (Lipinski definition) is 3. The van der Waals surface area contributed by atoms with E-state index < -0.39 is 0 Å². The third-order valence-electron chi connectivity index (χ3n) is 3.53. The third kappa shape index (κ3) is 2.81. The first-order valence-electron chi connectivity index (χ1n) is 7.16. The molecule has 4 nitrogen and oxygen atoms in total. The zero-order valence-corrected chi connectivity index (χ0v) is 12.7. The lowest BCUT2D eigenvalue weighted by Gasteiger charge is -2.12. The van der Waals surface area contributed by atoms with Crippen LogP contribution in [0.1, 0.15) is 5.69 Å².